The number of halogens is 1. The Morgan fingerprint density at radius 2 is 1.96 bits per heavy atom. The number of piperazine rings is 1. The van der Waals surface area contributed by atoms with Gasteiger partial charge in [-0.2, -0.15) is 15.2 Å². The van der Waals surface area contributed by atoms with Gasteiger partial charge < -0.3 is 19.9 Å². The number of rotatable bonds is 3. The van der Waals surface area contributed by atoms with Gasteiger partial charge in [0.25, 0.3) is 0 Å². The fraction of sp³-hybridized carbons (Fsp3) is 0.471. The molecule has 9 nitrogen and oxygen atoms in total. The molecule has 0 amide bonds. The van der Waals surface area contributed by atoms with Crippen LogP contribution in [0.2, 0.25) is 5.02 Å². The molecule has 1 atom stereocenters. The molecule has 2 aromatic rings. The third kappa shape index (κ3) is 4.08. The van der Waals surface area contributed by atoms with Gasteiger partial charge in [-0.25, -0.2) is 9.97 Å². The van der Waals surface area contributed by atoms with Crippen LogP contribution in [0, 0.1) is 11.3 Å². The minimum Gasteiger partial charge on any atom is -0.368 e. The highest BCUT2D eigenvalue weighted by atomic mass is 35.5. The zero-order valence-electron chi connectivity index (χ0n) is 14.7. The molecule has 1 N–H and O–H groups in total. The zero-order valence-corrected chi connectivity index (χ0v) is 15.4. The van der Waals surface area contributed by atoms with Gasteiger partial charge in [0.15, 0.2) is 5.82 Å². The summed E-state index contributed by atoms with van der Waals surface area (Å²) in [6.07, 6.45) is 1.39. The van der Waals surface area contributed by atoms with Crippen LogP contribution in [-0.4, -0.2) is 65.8 Å². The van der Waals surface area contributed by atoms with Crippen molar-refractivity contribution in [2.45, 2.75) is 6.10 Å². The number of hydrogen-bond donors (Lipinski definition) is 1. The van der Waals surface area contributed by atoms with E-state index in [1.165, 1.54) is 0 Å². The van der Waals surface area contributed by atoms with Crippen molar-refractivity contribution in [3.05, 3.63) is 35.0 Å². The van der Waals surface area contributed by atoms with Crippen LogP contribution in [0.15, 0.2) is 18.3 Å². The first-order valence-electron chi connectivity index (χ1n) is 8.83. The number of pyridine rings is 1. The highest BCUT2D eigenvalue weighted by Crippen LogP contribution is 2.20. The molecule has 0 saturated carbocycles. The van der Waals surface area contributed by atoms with Crippen LogP contribution in [-0.2, 0) is 4.74 Å². The molecule has 0 bridgehead atoms. The molecule has 2 aliphatic rings. The van der Waals surface area contributed by atoms with E-state index >= 15 is 0 Å². The van der Waals surface area contributed by atoms with Crippen molar-refractivity contribution in [2.24, 2.45) is 0 Å². The standard InChI is InChI=1S/C17H19ClN8O/c18-12-1-2-15(21-10-12)25-4-6-26(7-5-25)17-23-14(9-19)22-16(24-17)13-11-20-3-8-27-13/h1-2,10,13,20H,3-8,11H2. The first kappa shape index (κ1) is 17.9. The van der Waals surface area contributed by atoms with E-state index in [-0.39, 0.29) is 11.9 Å². The summed E-state index contributed by atoms with van der Waals surface area (Å²) in [5.41, 5.74) is 0. The first-order valence-corrected chi connectivity index (χ1v) is 9.20. The van der Waals surface area contributed by atoms with E-state index in [9.17, 15) is 5.26 Å². The quantitative estimate of drug-likeness (QED) is 0.819. The Hall–Kier alpha value is -2.54. The number of aromatic nitrogens is 4. The second kappa shape index (κ2) is 8.00. The fourth-order valence-electron chi connectivity index (χ4n) is 3.14. The van der Waals surface area contributed by atoms with E-state index < -0.39 is 0 Å². The predicted molar refractivity (Wildman–Crippen MR) is 99.8 cm³/mol. The number of nitriles is 1. The van der Waals surface area contributed by atoms with Gasteiger partial charge in [0.05, 0.1) is 11.6 Å². The van der Waals surface area contributed by atoms with Crippen molar-refractivity contribution in [1.29, 1.82) is 5.26 Å². The van der Waals surface area contributed by atoms with E-state index in [0.29, 0.717) is 29.9 Å². The summed E-state index contributed by atoms with van der Waals surface area (Å²) in [5.74, 6) is 2.04. The molecule has 0 aliphatic carbocycles. The molecular formula is C17H19ClN8O. The summed E-state index contributed by atoms with van der Waals surface area (Å²) < 4.78 is 5.72. The maximum atomic E-state index is 9.29. The molecule has 1 unspecified atom stereocenters. The van der Waals surface area contributed by atoms with Gasteiger partial charge in [-0.1, -0.05) is 11.6 Å². The molecule has 0 aromatic carbocycles. The monoisotopic (exact) mass is 386 g/mol. The summed E-state index contributed by atoms with van der Waals surface area (Å²) in [4.78, 5) is 21.7. The van der Waals surface area contributed by atoms with Gasteiger partial charge in [-0.05, 0) is 12.1 Å². The molecule has 4 heterocycles. The van der Waals surface area contributed by atoms with Crippen molar-refractivity contribution < 1.29 is 4.74 Å². The second-order valence-corrected chi connectivity index (χ2v) is 6.74. The van der Waals surface area contributed by atoms with E-state index in [2.05, 4.69) is 35.1 Å². The number of nitrogens with zero attached hydrogens (tertiary/aromatic N) is 7. The van der Waals surface area contributed by atoms with Crippen LogP contribution in [0.1, 0.15) is 17.8 Å². The third-order valence-electron chi connectivity index (χ3n) is 4.55. The van der Waals surface area contributed by atoms with Gasteiger partial charge in [-0.15, -0.1) is 0 Å². The Kier molecular flexibility index (Phi) is 5.29. The SMILES string of the molecule is N#Cc1nc(C2CNCCO2)nc(N2CCN(c3ccc(Cl)cn3)CC2)n1. The molecule has 0 spiro atoms. The highest BCUT2D eigenvalue weighted by Gasteiger charge is 2.24. The summed E-state index contributed by atoms with van der Waals surface area (Å²) in [6.45, 7) is 5.04. The minimum atomic E-state index is -0.257. The average molecular weight is 387 g/mol. The van der Waals surface area contributed by atoms with Crippen LogP contribution in [0.25, 0.3) is 0 Å². The number of ether oxygens (including phenoxy) is 1. The molecule has 2 fully saturated rings. The van der Waals surface area contributed by atoms with Crippen molar-refractivity contribution in [3.8, 4) is 6.07 Å². The van der Waals surface area contributed by atoms with Crippen molar-refractivity contribution in [1.82, 2.24) is 25.3 Å². The summed E-state index contributed by atoms with van der Waals surface area (Å²) >= 11 is 5.91. The second-order valence-electron chi connectivity index (χ2n) is 6.30. The lowest BCUT2D eigenvalue weighted by Crippen LogP contribution is -2.47. The highest BCUT2D eigenvalue weighted by molar-refractivity contribution is 6.30. The Labute approximate surface area is 162 Å². The maximum Gasteiger partial charge on any atom is 0.237 e. The zero-order chi connectivity index (χ0) is 18.6. The van der Waals surface area contributed by atoms with Gasteiger partial charge in [0.2, 0.25) is 11.8 Å². The van der Waals surface area contributed by atoms with E-state index in [1.807, 2.05) is 18.2 Å². The number of morpholine rings is 1. The average Bonchev–Trinajstić information content (AvgIpc) is 2.75. The molecule has 2 saturated heterocycles. The topological polar surface area (TPSA) is 103 Å². The minimum absolute atomic E-state index is 0.117. The lowest BCUT2D eigenvalue weighted by atomic mass is 10.3. The summed E-state index contributed by atoms with van der Waals surface area (Å²) in [5, 5.41) is 13.2. The van der Waals surface area contributed by atoms with Gasteiger partial charge in [0.1, 0.15) is 18.0 Å². The number of anilines is 2. The van der Waals surface area contributed by atoms with Gasteiger partial charge in [-0.3, -0.25) is 0 Å². The number of nitrogens with one attached hydrogen (secondary N) is 1. The van der Waals surface area contributed by atoms with Crippen molar-refractivity contribution >= 4 is 23.4 Å². The fourth-order valence-corrected chi connectivity index (χ4v) is 3.25. The van der Waals surface area contributed by atoms with E-state index in [0.717, 1.165) is 38.5 Å². The van der Waals surface area contributed by atoms with Crippen LogP contribution < -0.4 is 15.1 Å². The molecule has 27 heavy (non-hydrogen) atoms. The largest absolute Gasteiger partial charge is 0.368 e. The Morgan fingerprint density at radius 1 is 1.15 bits per heavy atom. The maximum absolute atomic E-state index is 9.29. The lowest BCUT2D eigenvalue weighted by molar-refractivity contribution is 0.0220. The van der Waals surface area contributed by atoms with E-state index in [1.54, 1.807) is 6.20 Å². The van der Waals surface area contributed by atoms with Gasteiger partial charge in [0, 0.05) is 45.5 Å². The first-order chi connectivity index (χ1) is 13.2. The Morgan fingerprint density at radius 3 is 2.63 bits per heavy atom. The Bertz CT molecular complexity index is 826. The molecule has 0 radical (unpaired) electrons. The van der Waals surface area contributed by atoms with Crippen molar-refractivity contribution in [3.63, 3.8) is 0 Å². The molecule has 10 heteroatoms. The van der Waals surface area contributed by atoms with Crippen LogP contribution in [0.4, 0.5) is 11.8 Å². The molecule has 2 aliphatic heterocycles. The third-order valence-corrected chi connectivity index (χ3v) is 4.78. The molecule has 4 rings (SSSR count). The smallest absolute Gasteiger partial charge is 0.237 e. The molecule has 140 valence electrons. The van der Waals surface area contributed by atoms with Crippen LogP contribution in [0.5, 0.6) is 0 Å². The normalized spacial score (nSPS) is 20.4. The summed E-state index contributed by atoms with van der Waals surface area (Å²) in [7, 11) is 0. The molecule has 2 aromatic heterocycles. The summed E-state index contributed by atoms with van der Waals surface area (Å²) in [6, 6.07) is 5.78. The lowest BCUT2D eigenvalue weighted by Gasteiger charge is -2.35. The number of hydrogen-bond acceptors (Lipinski definition) is 9. The van der Waals surface area contributed by atoms with Crippen molar-refractivity contribution in [2.75, 3.05) is 55.7 Å². The van der Waals surface area contributed by atoms with E-state index in [4.69, 9.17) is 16.3 Å². The van der Waals surface area contributed by atoms with Crippen LogP contribution >= 0.6 is 11.6 Å². The predicted octanol–water partition coefficient (Wildman–Crippen LogP) is 0.779. The van der Waals surface area contributed by atoms with Gasteiger partial charge >= 0.3 is 0 Å². The van der Waals surface area contributed by atoms with Crippen LogP contribution in [0.3, 0.4) is 0 Å². The Balaban J connectivity index is 1.48. The molecular weight excluding hydrogens is 368 g/mol.